The van der Waals surface area contributed by atoms with Crippen LogP contribution in [-0.4, -0.2) is 194 Å². The van der Waals surface area contributed by atoms with E-state index in [2.05, 4.69) is 128 Å². The quantitative estimate of drug-likeness (QED) is 0.0935. The molecule has 3 fully saturated rings. The molecule has 0 radical (unpaired) electrons. The summed E-state index contributed by atoms with van der Waals surface area (Å²) in [6.45, 7) is 13.8. The summed E-state index contributed by atoms with van der Waals surface area (Å²) in [7, 11) is 1.68. The van der Waals surface area contributed by atoms with Crippen molar-refractivity contribution in [2.24, 2.45) is 0 Å². The van der Waals surface area contributed by atoms with E-state index in [-0.39, 0.29) is 41.9 Å². The number of nitrogens with one attached hydrogen (secondary N) is 4. The topological polar surface area (TPSA) is 357 Å². The van der Waals surface area contributed by atoms with Crippen LogP contribution in [0.5, 0.6) is 0 Å². The summed E-state index contributed by atoms with van der Waals surface area (Å²) >= 11 is 0. The molecule has 0 atom stereocenters. The van der Waals surface area contributed by atoms with Gasteiger partial charge in [-0.25, -0.2) is 44.1 Å². The van der Waals surface area contributed by atoms with Crippen molar-refractivity contribution in [3.05, 3.63) is 200 Å². The van der Waals surface area contributed by atoms with Gasteiger partial charge in [0, 0.05) is 101 Å². The number of rotatable bonds is 11. The normalized spacial score (nSPS) is 13.7. The van der Waals surface area contributed by atoms with Gasteiger partial charge < -0.3 is 19.6 Å². The second-order valence-electron chi connectivity index (χ2n) is 23.2. The maximum atomic E-state index is 12.7. The monoisotopic (exact) mass is 1360 g/mol. The zero-order chi connectivity index (χ0) is 70.3. The number of hydrogen-bond donors (Lipinski definition) is 4. The molecule has 14 rings (SSSR count). The third kappa shape index (κ3) is 20.0. The number of urea groups is 3. The third-order valence-electron chi connectivity index (χ3n) is 16.0. The van der Waals surface area contributed by atoms with Crippen LogP contribution >= 0.6 is 0 Å². The van der Waals surface area contributed by atoms with E-state index in [4.69, 9.17) is 0 Å². The first-order chi connectivity index (χ1) is 49.2. The van der Waals surface area contributed by atoms with Gasteiger partial charge in [0.05, 0.1) is 0 Å². The van der Waals surface area contributed by atoms with E-state index in [1.165, 1.54) is 66.2 Å². The van der Waals surface area contributed by atoms with Gasteiger partial charge in [-0.3, -0.25) is 50.7 Å². The van der Waals surface area contributed by atoms with Gasteiger partial charge in [0.1, 0.15) is 52.4 Å². The highest BCUT2D eigenvalue weighted by atomic mass is 16.2. The molecule has 0 saturated carbocycles. The van der Waals surface area contributed by atoms with Crippen LogP contribution in [0.3, 0.4) is 0 Å². The van der Waals surface area contributed by atoms with Gasteiger partial charge >= 0.3 is 24.1 Å². The molecule has 0 bridgehead atoms. The number of piperazine rings is 1. The van der Waals surface area contributed by atoms with Crippen molar-refractivity contribution in [1.29, 1.82) is 0 Å². The van der Waals surface area contributed by atoms with Crippen LogP contribution in [0.15, 0.2) is 177 Å². The predicted molar refractivity (Wildman–Crippen MR) is 380 cm³/mol. The lowest BCUT2D eigenvalue weighted by molar-refractivity contribution is 0.104. The van der Waals surface area contributed by atoms with Crippen LogP contribution in [0, 0.1) is 27.7 Å². The lowest BCUT2D eigenvalue weighted by Gasteiger charge is -2.40. The fraction of sp³-hybridized carbons (Fsp3) is 0.271. The Balaban J connectivity index is 0.000000136. The van der Waals surface area contributed by atoms with Gasteiger partial charge in [0.2, 0.25) is 23.8 Å². The van der Waals surface area contributed by atoms with Gasteiger partial charge in [-0.2, -0.15) is 39.9 Å². The molecule has 9 aromatic heterocycles. The predicted octanol–water partition coefficient (Wildman–Crippen LogP) is 9.75. The maximum Gasteiger partial charge on any atom is 0.333 e. The lowest BCUT2D eigenvalue weighted by atomic mass is 10.0. The Morgan fingerprint density at radius 3 is 1.18 bits per heavy atom. The van der Waals surface area contributed by atoms with E-state index in [9.17, 15) is 19.2 Å². The minimum Gasteiger partial charge on any atom is -0.368 e. The molecule has 0 unspecified atom stereocenters. The molecule has 514 valence electrons. The highest BCUT2D eigenvalue weighted by Crippen LogP contribution is 2.24. The molecule has 3 aliphatic rings. The number of aromatic nitrogens is 18. The molecule has 0 spiro atoms. The van der Waals surface area contributed by atoms with E-state index in [0.717, 1.165) is 44.7 Å². The van der Waals surface area contributed by atoms with E-state index in [0.29, 0.717) is 88.5 Å². The molecule has 31 nitrogen and oxygen atoms in total. The highest BCUT2D eigenvalue weighted by Gasteiger charge is 2.29. The number of nitrogens with zero attached hydrogens (tertiary/aromatic N) is 23. The van der Waals surface area contributed by atoms with E-state index >= 15 is 0 Å². The van der Waals surface area contributed by atoms with Crippen LogP contribution in [0.25, 0.3) is 46.1 Å². The largest absolute Gasteiger partial charge is 0.368 e. The first kappa shape index (κ1) is 69.7. The molecule has 31 heteroatoms. The van der Waals surface area contributed by atoms with Crippen LogP contribution in [0.2, 0.25) is 0 Å². The van der Waals surface area contributed by atoms with Crippen molar-refractivity contribution >= 4 is 59.3 Å². The van der Waals surface area contributed by atoms with Crippen molar-refractivity contribution in [3.8, 4) is 46.1 Å². The van der Waals surface area contributed by atoms with Crippen molar-refractivity contribution in [1.82, 2.24) is 104 Å². The first-order valence-electron chi connectivity index (χ1n) is 32.8. The van der Waals surface area contributed by atoms with Crippen LogP contribution in [0.4, 0.5) is 54.3 Å². The molecular weight excluding hydrogens is 1280 g/mol. The SMILES string of the molecule is Cc1nc(NC(=O)N(C)c2ccccc2)nc(-c2ccccn2)n1.Cc1nc(NC(=O)N2CCC(N3CCCCC3)CC2)nc(-c2ccccn2)n1.Cc1nc(NC(=O)N2CCN(c3ccccc3)CC2)nc(-c2ccccn2)n1.Cc1nc(NC(=O)n2ccnc2)nc(-c2ccccn2)n1. The molecule has 2 aromatic carbocycles. The number of imidazole rings is 1. The molecule has 4 N–H and O–H groups in total. The Bertz CT molecular complexity index is 4480. The molecule has 3 saturated heterocycles. The Kier molecular flexibility index (Phi) is 23.8. The van der Waals surface area contributed by atoms with Gasteiger partial charge in [0.15, 0.2) is 23.3 Å². The lowest BCUT2D eigenvalue weighted by Crippen LogP contribution is -2.50. The number of benzene rings is 2. The zero-order valence-electron chi connectivity index (χ0n) is 56.4. The van der Waals surface area contributed by atoms with Gasteiger partial charge in [-0.1, -0.05) is 67.1 Å². The van der Waals surface area contributed by atoms with Gasteiger partial charge in [0.25, 0.3) is 0 Å². The van der Waals surface area contributed by atoms with E-state index < -0.39 is 6.03 Å². The molecule has 7 amide bonds. The molecule has 12 heterocycles. The second-order valence-corrected chi connectivity index (χ2v) is 23.2. The van der Waals surface area contributed by atoms with Crippen LogP contribution < -0.4 is 31.1 Å². The average Bonchev–Trinajstić information content (AvgIpc) is 1.74. The zero-order valence-corrected chi connectivity index (χ0v) is 56.4. The standard InChI is InChI=1S/C20H27N7O.C20H21N7O.C17H16N6O.C13H11N7O/c1-15-22-18(17-7-3-4-10-21-17)24-19(23-15)25-20(28)27-13-8-16(9-14-27)26-11-5-2-6-12-26;1-15-22-18(17-9-5-6-10-21-17)24-19(23-15)25-20(28)27-13-11-26(12-14-27)16-7-3-2-4-8-16;1-12-19-15(14-10-6-7-11-18-14)21-16(20-12)22-17(24)23(2)13-8-4-3-5-9-13;1-9-16-11(10-4-2-3-5-15-10)18-12(17-9)19-13(21)20-7-6-14-8-20/h3-4,7,10,16H,2,5-6,8-9,11-14H2,1H3,(H,22,23,24,25,28);2-10H,11-14H2,1H3,(H,22,23,24,25,28);3-11H,1-2H3,(H,19,20,21,22,24);2-8H,1H3,(H,16,17,18,19,21). The van der Waals surface area contributed by atoms with Crippen molar-refractivity contribution in [2.75, 3.05) is 90.5 Å². The summed E-state index contributed by atoms with van der Waals surface area (Å²) in [5.41, 5.74) is 4.48. The number of likely N-dealkylation sites (tertiary alicyclic amines) is 2. The van der Waals surface area contributed by atoms with Gasteiger partial charge in [-0.15, -0.1) is 0 Å². The Morgan fingerprint density at radius 1 is 0.396 bits per heavy atom. The summed E-state index contributed by atoms with van der Waals surface area (Å²) in [4.78, 5) is 131. The Morgan fingerprint density at radius 2 is 0.782 bits per heavy atom. The number of para-hydroxylation sites is 2. The fourth-order valence-electron chi connectivity index (χ4n) is 11.0. The summed E-state index contributed by atoms with van der Waals surface area (Å²) < 4.78 is 1.29. The minimum absolute atomic E-state index is 0.144. The number of carbonyl (C=O) groups is 4. The molecule has 11 aromatic rings. The number of anilines is 6. The molecule has 0 aliphatic carbocycles. The summed E-state index contributed by atoms with van der Waals surface area (Å²) in [6.07, 6.45) is 17.1. The fourth-order valence-corrected chi connectivity index (χ4v) is 11.0. The van der Waals surface area contributed by atoms with Crippen molar-refractivity contribution < 1.29 is 19.2 Å². The number of aryl methyl sites for hydroxylation is 4. The minimum atomic E-state index is -0.398. The van der Waals surface area contributed by atoms with E-state index in [1.54, 1.807) is 82.6 Å². The van der Waals surface area contributed by atoms with Gasteiger partial charge in [-0.05, 0) is 139 Å². The van der Waals surface area contributed by atoms with Crippen LogP contribution in [0.1, 0.15) is 55.4 Å². The van der Waals surface area contributed by atoms with Crippen molar-refractivity contribution in [3.63, 3.8) is 0 Å². The summed E-state index contributed by atoms with van der Waals surface area (Å²) in [5.74, 6) is 4.68. The van der Waals surface area contributed by atoms with E-state index in [1.807, 2.05) is 108 Å². The number of piperidine rings is 2. The molecule has 3 aliphatic heterocycles. The molecule has 101 heavy (non-hydrogen) atoms. The Hall–Kier alpha value is -12.7. The van der Waals surface area contributed by atoms with Crippen LogP contribution in [-0.2, 0) is 0 Å². The number of amides is 7. The average molecular weight is 1360 g/mol. The number of pyridine rings is 4. The smallest absolute Gasteiger partial charge is 0.333 e. The number of hydrogen-bond acceptors (Lipinski definition) is 23. The number of carbonyl (C=O) groups excluding carboxylic acids is 4. The Labute approximate surface area is 582 Å². The first-order valence-corrected chi connectivity index (χ1v) is 32.8. The maximum absolute atomic E-state index is 12.7. The summed E-state index contributed by atoms with van der Waals surface area (Å²) in [6, 6.07) is 41.0. The third-order valence-corrected chi connectivity index (χ3v) is 16.0. The summed E-state index contributed by atoms with van der Waals surface area (Å²) in [5, 5.41) is 10.9. The highest BCUT2D eigenvalue weighted by molar-refractivity contribution is 6.00. The second kappa shape index (κ2) is 34.5. The van der Waals surface area contributed by atoms with Crippen molar-refractivity contribution in [2.45, 2.75) is 65.8 Å². The molecular formula is C70H75N27O4.